The van der Waals surface area contributed by atoms with Crippen LogP contribution in [-0.4, -0.2) is 4.98 Å². The number of hydrogen-bond donors (Lipinski definition) is 0. The fourth-order valence-electron chi connectivity index (χ4n) is 2.15. The Morgan fingerprint density at radius 2 is 1.62 bits per heavy atom. The van der Waals surface area contributed by atoms with Crippen LogP contribution in [0.2, 0.25) is 0 Å². The highest BCUT2D eigenvalue weighted by Crippen LogP contribution is 2.26. The van der Waals surface area contributed by atoms with Crippen LogP contribution in [0.15, 0.2) is 59.2 Å². The first-order valence-electron chi connectivity index (χ1n) is 8.45. The lowest BCUT2D eigenvalue weighted by Crippen LogP contribution is -1.95. The molecule has 0 N–H and O–H groups in total. The summed E-state index contributed by atoms with van der Waals surface area (Å²) in [5, 5.41) is 1.09. The molecule has 0 saturated heterocycles. The van der Waals surface area contributed by atoms with Gasteiger partial charge in [-0.15, -0.1) is 0 Å². The van der Waals surface area contributed by atoms with Crippen LogP contribution in [0, 0.1) is 6.92 Å². The van der Waals surface area contributed by atoms with E-state index in [1.807, 2.05) is 52.0 Å². The van der Waals surface area contributed by atoms with E-state index in [9.17, 15) is 0 Å². The molecular formula is C21H26BrNO. The summed E-state index contributed by atoms with van der Waals surface area (Å²) in [5.41, 5.74) is 3.31. The van der Waals surface area contributed by atoms with Crippen molar-refractivity contribution in [3.8, 4) is 5.75 Å². The van der Waals surface area contributed by atoms with Gasteiger partial charge in [-0.1, -0.05) is 58.0 Å². The Hall–Kier alpha value is -1.87. The van der Waals surface area contributed by atoms with Gasteiger partial charge >= 0.3 is 0 Å². The summed E-state index contributed by atoms with van der Waals surface area (Å²) in [6, 6.07) is 16.3. The van der Waals surface area contributed by atoms with Gasteiger partial charge in [0.15, 0.2) is 0 Å². The van der Waals surface area contributed by atoms with Gasteiger partial charge in [-0.05, 0) is 52.2 Å². The largest absolute Gasteiger partial charge is 0.487 e. The van der Waals surface area contributed by atoms with E-state index in [-0.39, 0.29) is 0 Å². The Morgan fingerprint density at radius 3 is 2.29 bits per heavy atom. The Morgan fingerprint density at radius 1 is 0.958 bits per heavy atom. The highest BCUT2D eigenvalue weighted by Gasteiger charge is 2.04. The lowest BCUT2D eigenvalue weighted by molar-refractivity contribution is 0.305. The molecule has 0 atom stereocenters. The Balaban J connectivity index is 0.000000671. The first kappa shape index (κ1) is 20.2. The molecule has 1 heterocycles. The van der Waals surface area contributed by atoms with Crippen LogP contribution in [0.3, 0.4) is 0 Å². The minimum absolute atomic E-state index is 0.557. The molecule has 0 aliphatic rings. The van der Waals surface area contributed by atoms with Crippen LogP contribution < -0.4 is 4.74 Å². The van der Waals surface area contributed by atoms with Gasteiger partial charge in [0.25, 0.3) is 0 Å². The average Bonchev–Trinajstić information content (AvgIpc) is 2.64. The van der Waals surface area contributed by atoms with Crippen molar-refractivity contribution in [1.29, 1.82) is 0 Å². The maximum atomic E-state index is 5.80. The zero-order valence-corrected chi connectivity index (χ0v) is 16.7. The zero-order valence-electron chi connectivity index (χ0n) is 15.1. The first-order chi connectivity index (χ1) is 11.7. The monoisotopic (exact) mass is 387 g/mol. The topological polar surface area (TPSA) is 22.1 Å². The van der Waals surface area contributed by atoms with Crippen molar-refractivity contribution in [3.05, 3.63) is 70.3 Å². The minimum atomic E-state index is 0.557. The molecule has 3 heteroatoms. The molecule has 2 aromatic carbocycles. The van der Waals surface area contributed by atoms with Gasteiger partial charge in [0.1, 0.15) is 12.4 Å². The van der Waals surface area contributed by atoms with Crippen molar-refractivity contribution in [2.24, 2.45) is 0 Å². The molecule has 0 saturated carbocycles. The predicted octanol–water partition coefficient (Wildman–Crippen LogP) is 6.94. The predicted molar refractivity (Wildman–Crippen MR) is 108 cm³/mol. The van der Waals surface area contributed by atoms with Crippen molar-refractivity contribution in [3.63, 3.8) is 0 Å². The number of nitrogens with zero attached hydrogens (tertiary/aromatic N) is 1. The molecule has 0 unspecified atom stereocenters. The molecule has 0 bridgehead atoms. The SMILES string of the molecule is CC.CC.Cc1cc(Br)c2ncc(OCc3ccccc3)cc2c1. The van der Waals surface area contributed by atoms with E-state index in [0.717, 1.165) is 26.7 Å². The zero-order chi connectivity index (χ0) is 17.9. The van der Waals surface area contributed by atoms with Gasteiger partial charge in [0.05, 0.1) is 11.7 Å². The Bertz CT molecular complexity index is 741. The first-order valence-corrected chi connectivity index (χ1v) is 9.24. The number of aromatic nitrogens is 1. The van der Waals surface area contributed by atoms with Gasteiger partial charge in [-0.25, -0.2) is 0 Å². The summed E-state index contributed by atoms with van der Waals surface area (Å²) >= 11 is 3.54. The number of aryl methyl sites for hydroxylation is 1. The van der Waals surface area contributed by atoms with Crippen molar-refractivity contribution >= 4 is 26.8 Å². The van der Waals surface area contributed by atoms with Crippen molar-refractivity contribution in [2.45, 2.75) is 41.2 Å². The van der Waals surface area contributed by atoms with Crippen LogP contribution in [0.25, 0.3) is 10.9 Å². The summed E-state index contributed by atoms with van der Waals surface area (Å²) in [5.74, 6) is 0.791. The van der Waals surface area contributed by atoms with Crippen LogP contribution in [0.1, 0.15) is 38.8 Å². The summed E-state index contributed by atoms with van der Waals surface area (Å²) in [7, 11) is 0. The smallest absolute Gasteiger partial charge is 0.138 e. The molecular weight excluding hydrogens is 362 g/mol. The van der Waals surface area contributed by atoms with Crippen LogP contribution >= 0.6 is 15.9 Å². The highest BCUT2D eigenvalue weighted by atomic mass is 79.9. The molecule has 0 radical (unpaired) electrons. The molecule has 2 nitrogen and oxygen atoms in total. The van der Waals surface area contributed by atoms with E-state index in [1.54, 1.807) is 6.20 Å². The maximum absolute atomic E-state index is 5.80. The number of hydrogen-bond acceptors (Lipinski definition) is 2. The summed E-state index contributed by atoms with van der Waals surface area (Å²) < 4.78 is 6.82. The molecule has 3 rings (SSSR count). The second kappa shape index (κ2) is 10.8. The van der Waals surface area contributed by atoms with Crippen LogP contribution in [0.5, 0.6) is 5.75 Å². The van der Waals surface area contributed by atoms with Crippen molar-refractivity contribution < 1.29 is 4.74 Å². The second-order valence-corrected chi connectivity index (χ2v) is 5.62. The third kappa shape index (κ3) is 5.64. The fourth-order valence-corrected chi connectivity index (χ4v) is 2.84. The molecule has 1 aromatic heterocycles. The molecule has 3 aromatic rings. The van der Waals surface area contributed by atoms with Gasteiger partial charge in [-0.3, -0.25) is 4.98 Å². The molecule has 0 spiro atoms. The number of rotatable bonds is 3. The average molecular weight is 388 g/mol. The Kier molecular flexibility index (Phi) is 9.10. The normalized spacial score (nSPS) is 9.42. The lowest BCUT2D eigenvalue weighted by Gasteiger charge is -2.08. The third-order valence-electron chi connectivity index (χ3n) is 3.10. The standard InChI is InChI=1S/C17H14BrNO.2C2H6/c1-12-7-14-9-15(10-19-17(14)16(18)8-12)20-11-13-5-3-2-4-6-13;2*1-2/h2-10H,11H2,1H3;2*1-2H3. The van der Waals surface area contributed by atoms with Crippen LogP contribution in [-0.2, 0) is 6.61 Å². The molecule has 0 aliphatic carbocycles. The van der Waals surface area contributed by atoms with Crippen LogP contribution in [0.4, 0.5) is 0 Å². The van der Waals surface area contributed by atoms with E-state index < -0.39 is 0 Å². The molecule has 24 heavy (non-hydrogen) atoms. The second-order valence-electron chi connectivity index (χ2n) is 4.76. The van der Waals surface area contributed by atoms with Crippen molar-refractivity contribution in [1.82, 2.24) is 4.98 Å². The Labute approximate surface area is 154 Å². The van der Waals surface area contributed by atoms with E-state index in [2.05, 4.69) is 52.1 Å². The number of pyridine rings is 1. The van der Waals surface area contributed by atoms with Crippen molar-refractivity contribution in [2.75, 3.05) is 0 Å². The van der Waals surface area contributed by atoms with Gasteiger partial charge < -0.3 is 4.74 Å². The molecule has 0 fully saturated rings. The fraction of sp³-hybridized carbons (Fsp3) is 0.286. The number of benzene rings is 2. The van der Waals surface area contributed by atoms with Gasteiger partial charge in [0.2, 0.25) is 0 Å². The number of fused-ring (bicyclic) bond motifs is 1. The van der Waals surface area contributed by atoms with E-state index in [0.29, 0.717) is 6.61 Å². The highest BCUT2D eigenvalue weighted by molar-refractivity contribution is 9.10. The minimum Gasteiger partial charge on any atom is -0.487 e. The molecule has 0 aliphatic heterocycles. The number of halogens is 1. The maximum Gasteiger partial charge on any atom is 0.138 e. The quantitative estimate of drug-likeness (QED) is 0.485. The lowest BCUT2D eigenvalue weighted by atomic mass is 10.1. The summed E-state index contributed by atoms with van der Waals surface area (Å²) in [6.45, 7) is 10.6. The van der Waals surface area contributed by atoms with E-state index >= 15 is 0 Å². The molecule has 0 amide bonds. The summed E-state index contributed by atoms with van der Waals surface area (Å²) in [4.78, 5) is 4.46. The van der Waals surface area contributed by atoms with Gasteiger partial charge in [0, 0.05) is 9.86 Å². The van der Waals surface area contributed by atoms with Gasteiger partial charge in [-0.2, -0.15) is 0 Å². The van der Waals surface area contributed by atoms with E-state index in [4.69, 9.17) is 4.74 Å². The van der Waals surface area contributed by atoms with E-state index in [1.165, 1.54) is 5.56 Å². The number of ether oxygens (including phenoxy) is 1. The third-order valence-corrected chi connectivity index (χ3v) is 3.71. The molecule has 128 valence electrons. The summed E-state index contributed by atoms with van der Waals surface area (Å²) in [6.07, 6.45) is 1.77.